The highest BCUT2D eigenvalue weighted by molar-refractivity contribution is 6.14. The van der Waals surface area contributed by atoms with E-state index in [4.69, 9.17) is 9.47 Å². The van der Waals surface area contributed by atoms with Gasteiger partial charge in [0.05, 0.1) is 36.5 Å². The van der Waals surface area contributed by atoms with Crippen LogP contribution in [-0.4, -0.2) is 48.2 Å². The van der Waals surface area contributed by atoms with Crippen LogP contribution >= 0.6 is 0 Å². The molecule has 0 heterocycles. The summed E-state index contributed by atoms with van der Waals surface area (Å²) in [4.78, 5) is 52.3. The number of benzene rings is 7. The van der Waals surface area contributed by atoms with E-state index >= 15 is 0 Å². The Morgan fingerprint density at radius 3 is 1.35 bits per heavy atom. The van der Waals surface area contributed by atoms with Crippen LogP contribution in [0, 0.1) is 13.8 Å². The average Bonchev–Trinajstić information content (AvgIpc) is 3.26. The van der Waals surface area contributed by atoms with Crippen molar-refractivity contribution in [1.82, 2.24) is 0 Å². The maximum atomic E-state index is 13.9. The van der Waals surface area contributed by atoms with Gasteiger partial charge in [0.1, 0.15) is 22.7 Å². The molecule has 0 aromatic heterocycles. The molecule has 0 saturated carbocycles. The highest BCUT2D eigenvalue weighted by Crippen LogP contribution is 2.42. The van der Waals surface area contributed by atoms with Crippen LogP contribution in [0.15, 0.2) is 142 Å². The van der Waals surface area contributed by atoms with Gasteiger partial charge in [-0.05, 0) is 84.3 Å². The number of anilines is 2. The lowest BCUT2D eigenvalue weighted by molar-refractivity contribution is 0.0592. The van der Waals surface area contributed by atoms with Crippen LogP contribution < -0.4 is 10.6 Å². The number of amides is 2. The molecule has 0 saturated heterocycles. The van der Waals surface area contributed by atoms with Gasteiger partial charge in [0, 0.05) is 22.1 Å². The molecule has 14 heteroatoms. The third-order valence-corrected chi connectivity index (χ3v) is 9.64. The molecule has 14 nitrogen and oxygen atoms in total. The van der Waals surface area contributed by atoms with Crippen molar-refractivity contribution >= 4 is 79.4 Å². The fourth-order valence-electron chi connectivity index (χ4n) is 6.69. The first kappa shape index (κ1) is 40.0. The van der Waals surface area contributed by atoms with Gasteiger partial charge in [-0.15, -0.1) is 20.5 Å². The topological polar surface area (TPSA) is 201 Å². The molecule has 0 aliphatic carbocycles. The Balaban J connectivity index is 1.16. The molecule has 4 N–H and O–H groups in total. The number of methoxy groups -OCH3 is 2. The number of nitrogens with zero attached hydrogens (tertiary/aromatic N) is 4. The van der Waals surface area contributed by atoms with Crippen molar-refractivity contribution in [1.29, 1.82) is 0 Å². The van der Waals surface area contributed by atoms with E-state index in [9.17, 15) is 29.4 Å². The van der Waals surface area contributed by atoms with Crippen molar-refractivity contribution in [2.75, 3.05) is 24.9 Å². The second-order valence-electron chi connectivity index (χ2n) is 13.5. The summed E-state index contributed by atoms with van der Waals surface area (Å²) >= 11 is 0. The molecule has 2 amide bonds. The van der Waals surface area contributed by atoms with Gasteiger partial charge in [0.2, 0.25) is 0 Å². The lowest BCUT2D eigenvalue weighted by atomic mass is 10.0. The van der Waals surface area contributed by atoms with Crippen molar-refractivity contribution in [3.8, 4) is 11.5 Å². The van der Waals surface area contributed by atoms with E-state index in [1.807, 2.05) is 0 Å². The Hall–Kier alpha value is -8.26. The number of phenols is 2. The van der Waals surface area contributed by atoms with Crippen LogP contribution in [0.25, 0.3) is 21.5 Å². The minimum atomic E-state index is -0.641. The summed E-state index contributed by atoms with van der Waals surface area (Å²) in [5.74, 6) is -3.34. The highest BCUT2D eigenvalue weighted by Gasteiger charge is 2.23. The number of hydrogen-bond donors (Lipinski definition) is 4. The number of nitrogens with one attached hydrogen (secondary N) is 2. The van der Waals surface area contributed by atoms with E-state index in [1.165, 1.54) is 32.4 Å². The summed E-state index contributed by atoms with van der Waals surface area (Å²) in [6.45, 7) is 3.49. The quantitative estimate of drug-likeness (QED) is 0.0772. The zero-order valence-electron chi connectivity index (χ0n) is 32.7. The van der Waals surface area contributed by atoms with Gasteiger partial charge >= 0.3 is 11.9 Å². The van der Waals surface area contributed by atoms with E-state index in [0.717, 1.165) is 0 Å². The second kappa shape index (κ2) is 17.1. The van der Waals surface area contributed by atoms with Crippen LogP contribution in [0.4, 0.5) is 34.1 Å². The number of hydrogen-bond acceptors (Lipinski definition) is 12. The monoisotopic (exact) mass is 800 g/mol. The summed E-state index contributed by atoms with van der Waals surface area (Å²) < 4.78 is 9.72. The summed E-state index contributed by atoms with van der Waals surface area (Å²) in [6, 6.07) is 33.4. The number of fused-ring (bicyclic) bond motifs is 2. The fourth-order valence-corrected chi connectivity index (χ4v) is 6.69. The number of ether oxygens (including phenoxy) is 2. The summed E-state index contributed by atoms with van der Waals surface area (Å²) in [7, 11) is 2.51. The molecule has 298 valence electrons. The van der Waals surface area contributed by atoms with Crippen molar-refractivity contribution in [3.63, 3.8) is 0 Å². The molecule has 0 radical (unpaired) electrons. The maximum Gasteiger partial charge on any atom is 0.340 e. The number of esters is 2. The van der Waals surface area contributed by atoms with E-state index in [0.29, 0.717) is 44.0 Å². The molecule has 7 aromatic carbocycles. The van der Waals surface area contributed by atoms with E-state index in [-0.39, 0.29) is 45.0 Å². The Bertz CT molecular complexity index is 2920. The first-order valence-electron chi connectivity index (χ1n) is 18.4. The third-order valence-electron chi connectivity index (χ3n) is 9.64. The first-order valence-corrected chi connectivity index (χ1v) is 18.4. The van der Waals surface area contributed by atoms with Gasteiger partial charge in [-0.1, -0.05) is 72.8 Å². The molecule has 0 spiro atoms. The number of phenolic OH excluding ortho intramolecular Hbond substituents is 2. The molecule has 60 heavy (non-hydrogen) atoms. The lowest BCUT2D eigenvalue weighted by Gasteiger charge is -2.16. The van der Waals surface area contributed by atoms with Crippen LogP contribution in [-0.2, 0) is 9.47 Å². The summed E-state index contributed by atoms with van der Waals surface area (Å²) in [6.07, 6.45) is 0. The molecule has 0 atom stereocenters. The maximum absolute atomic E-state index is 13.9. The molecule has 0 bridgehead atoms. The molecule has 0 aliphatic heterocycles. The van der Waals surface area contributed by atoms with Crippen LogP contribution in [0.1, 0.15) is 52.6 Å². The number of carbonyl (C=O) groups is 4. The minimum Gasteiger partial charge on any atom is -0.505 e. The molecule has 7 aromatic rings. The third kappa shape index (κ3) is 7.97. The SMILES string of the molecule is COC(=O)c1ccccc1N=Nc1c(O)c(C(=O)Nc2cc(C)c(NC(=O)c3cc4ccccc4c(N=Nc4ccccc4C(=O)OC)c3O)c(C)c2)cc2ccccc12. The van der Waals surface area contributed by atoms with E-state index in [2.05, 4.69) is 31.1 Å². The number of azo groups is 2. The molecular formula is C46H36N6O8. The summed E-state index contributed by atoms with van der Waals surface area (Å²) in [5.41, 5.74) is 2.64. The predicted octanol–water partition coefficient (Wildman–Crippen LogP) is 10.9. The highest BCUT2D eigenvalue weighted by atomic mass is 16.5. The predicted molar refractivity (Wildman–Crippen MR) is 227 cm³/mol. The number of carbonyl (C=O) groups excluding carboxylic acids is 4. The van der Waals surface area contributed by atoms with Crippen molar-refractivity contribution in [3.05, 3.63) is 155 Å². The Kier molecular flexibility index (Phi) is 11.4. The van der Waals surface area contributed by atoms with Crippen molar-refractivity contribution in [2.24, 2.45) is 20.5 Å². The van der Waals surface area contributed by atoms with Crippen LogP contribution in [0.5, 0.6) is 11.5 Å². The van der Waals surface area contributed by atoms with Gasteiger partial charge in [0.15, 0.2) is 11.5 Å². The Morgan fingerprint density at radius 1 is 0.500 bits per heavy atom. The lowest BCUT2D eigenvalue weighted by Crippen LogP contribution is -2.16. The van der Waals surface area contributed by atoms with Gasteiger partial charge in [-0.25, -0.2) is 9.59 Å². The number of rotatable bonds is 10. The molecule has 0 fully saturated rings. The second-order valence-corrected chi connectivity index (χ2v) is 13.5. The number of aromatic hydroxyl groups is 2. The standard InChI is InChI=1S/C46H36N6O8/c1-25-21-29(47-43(55)34-23-27-13-5-7-15-30(27)39(41(34)53)51-49-36-19-11-9-17-32(36)45(57)59-3)22-26(2)38(25)48-44(56)35-24-28-14-6-8-16-31(28)40(42(35)54)52-50-37-20-12-10-18-33(37)46(58)60-4/h5-24,53-54H,1-4H3,(H,47,55)(H,48,56). The average molecular weight is 801 g/mol. The van der Waals surface area contributed by atoms with E-state index < -0.39 is 35.3 Å². The summed E-state index contributed by atoms with van der Waals surface area (Å²) in [5, 5.41) is 47.9. The Labute approximate surface area is 342 Å². The first-order chi connectivity index (χ1) is 29.0. The molecular weight excluding hydrogens is 765 g/mol. The molecule has 7 rings (SSSR count). The van der Waals surface area contributed by atoms with Gasteiger partial charge < -0.3 is 30.3 Å². The van der Waals surface area contributed by atoms with Gasteiger partial charge in [-0.2, -0.15) is 0 Å². The zero-order chi connectivity index (χ0) is 42.5. The fraction of sp³-hybridized carbons (Fsp3) is 0.0870. The van der Waals surface area contributed by atoms with Crippen molar-refractivity contribution < 1.29 is 38.9 Å². The van der Waals surface area contributed by atoms with Crippen molar-refractivity contribution in [2.45, 2.75) is 13.8 Å². The Morgan fingerprint density at radius 2 is 0.900 bits per heavy atom. The van der Waals surface area contributed by atoms with Gasteiger partial charge in [0.25, 0.3) is 11.8 Å². The number of aryl methyl sites for hydroxylation is 2. The normalized spacial score (nSPS) is 11.3. The minimum absolute atomic E-state index is 0.0240. The largest absolute Gasteiger partial charge is 0.505 e. The molecule has 0 aliphatic rings. The van der Waals surface area contributed by atoms with Crippen LogP contribution in [0.3, 0.4) is 0 Å². The van der Waals surface area contributed by atoms with E-state index in [1.54, 1.807) is 117 Å². The smallest absolute Gasteiger partial charge is 0.340 e. The zero-order valence-corrected chi connectivity index (χ0v) is 32.7. The van der Waals surface area contributed by atoms with Gasteiger partial charge in [-0.3, -0.25) is 9.59 Å². The van der Waals surface area contributed by atoms with Crippen LogP contribution in [0.2, 0.25) is 0 Å². The molecule has 0 unspecified atom stereocenters.